The van der Waals surface area contributed by atoms with Gasteiger partial charge < -0.3 is 14.6 Å². The van der Waals surface area contributed by atoms with E-state index < -0.39 is 0 Å². The van der Waals surface area contributed by atoms with E-state index in [9.17, 15) is 0 Å². The molecular formula is C15H32O3. The van der Waals surface area contributed by atoms with E-state index in [4.69, 9.17) is 14.6 Å². The Bertz CT molecular complexity index is 165. The highest BCUT2D eigenvalue weighted by atomic mass is 16.5. The van der Waals surface area contributed by atoms with E-state index in [1.54, 1.807) is 0 Å². The zero-order chi connectivity index (χ0) is 13.8. The van der Waals surface area contributed by atoms with Crippen molar-refractivity contribution >= 4 is 0 Å². The molecule has 3 nitrogen and oxygen atoms in total. The molecule has 0 amide bonds. The monoisotopic (exact) mass is 260 g/mol. The second-order valence-electron chi connectivity index (χ2n) is 5.18. The van der Waals surface area contributed by atoms with Crippen LogP contribution in [0, 0.1) is 0 Å². The van der Waals surface area contributed by atoms with Crippen LogP contribution in [0.2, 0.25) is 0 Å². The van der Waals surface area contributed by atoms with Gasteiger partial charge in [-0.2, -0.15) is 0 Å². The van der Waals surface area contributed by atoms with Crippen LogP contribution in [0.1, 0.15) is 66.2 Å². The van der Waals surface area contributed by atoms with Crippen LogP contribution in [0.5, 0.6) is 0 Å². The Morgan fingerprint density at radius 2 is 1.50 bits per heavy atom. The normalized spacial score (nSPS) is 15.0. The number of hydrogen-bond acceptors (Lipinski definition) is 3. The zero-order valence-electron chi connectivity index (χ0n) is 12.7. The van der Waals surface area contributed by atoms with Crippen LogP contribution in [0.15, 0.2) is 0 Å². The molecule has 0 aliphatic carbocycles. The number of rotatable bonds is 12. The number of hydrogen-bond donors (Lipinski definition) is 1. The van der Waals surface area contributed by atoms with Crippen molar-refractivity contribution in [2.45, 2.75) is 84.5 Å². The van der Waals surface area contributed by atoms with Crippen molar-refractivity contribution in [2.75, 3.05) is 13.2 Å². The van der Waals surface area contributed by atoms with Gasteiger partial charge in [0.1, 0.15) is 0 Å². The number of unbranched alkanes of at least 4 members (excludes halogenated alkanes) is 2. The van der Waals surface area contributed by atoms with Crippen LogP contribution in [0.4, 0.5) is 0 Å². The van der Waals surface area contributed by atoms with Gasteiger partial charge in [-0.1, -0.05) is 39.5 Å². The third-order valence-corrected chi connectivity index (χ3v) is 3.06. The molecule has 0 heterocycles. The van der Waals surface area contributed by atoms with Crippen molar-refractivity contribution in [3.63, 3.8) is 0 Å². The molecule has 0 rings (SSSR count). The van der Waals surface area contributed by atoms with E-state index in [-0.39, 0.29) is 18.8 Å². The third kappa shape index (κ3) is 9.86. The Labute approximate surface area is 113 Å². The maximum absolute atomic E-state index is 8.90. The van der Waals surface area contributed by atoms with Crippen LogP contribution >= 0.6 is 0 Å². The molecule has 0 aliphatic rings. The minimum atomic E-state index is -0.0965. The Balaban J connectivity index is 3.88. The minimum Gasteiger partial charge on any atom is -0.394 e. The van der Waals surface area contributed by atoms with Gasteiger partial charge >= 0.3 is 0 Å². The molecule has 0 saturated carbocycles. The number of ether oxygens (including phenoxy) is 2. The van der Waals surface area contributed by atoms with Crippen LogP contribution in [0.25, 0.3) is 0 Å². The second-order valence-corrected chi connectivity index (χ2v) is 5.18. The van der Waals surface area contributed by atoms with Gasteiger partial charge in [-0.05, 0) is 26.7 Å². The lowest BCUT2D eigenvalue weighted by atomic mass is 10.1. The lowest BCUT2D eigenvalue weighted by molar-refractivity contribution is -0.0768. The SMILES string of the molecule is CCCCC(CCCC)OC(C)COC(C)CO. The van der Waals surface area contributed by atoms with E-state index in [0.717, 1.165) is 12.8 Å². The summed E-state index contributed by atoms with van der Waals surface area (Å²) in [7, 11) is 0. The molecule has 18 heavy (non-hydrogen) atoms. The summed E-state index contributed by atoms with van der Waals surface area (Å²) in [5.41, 5.74) is 0. The molecule has 0 radical (unpaired) electrons. The molecule has 0 aromatic rings. The summed E-state index contributed by atoms with van der Waals surface area (Å²) >= 11 is 0. The summed E-state index contributed by atoms with van der Waals surface area (Å²) in [6, 6.07) is 0. The fourth-order valence-electron chi connectivity index (χ4n) is 1.86. The molecule has 2 atom stereocenters. The average molecular weight is 260 g/mol. The highest BCUT2D eigenvalue weighted by molar-refractivity contribution is 4.62. The third-order valence-electron chi connectivity index (χ3n) is 3.06. The zero-order valence-corrected chi connectivity index (χ0v) is 12.7. The molecule has 0 saturated heterocycles. The molecule has 110 valence electrons. The van der Waals surface area contributed by atoms with Crippen molar-refractivity contribution < 1.29 is 14.6 Å². The van der Waals surface area contributed by atoms with Gasteiger partial charge in [0.25, 0.3) is 0 Å². The molecule has 1 N–H and O–H groups in total. The predicted molar refractivity (Wildman–Crippen MR) is 75.9 cm³/mol. The Hall–Kier alpha value is -0.120. The molecule has 3 heteroatoms. The lowest BCUT2D eigenvalue weighted by Crippen LogP contribution is -2.27. The molecule has 2 unspecified atom stereocenters. The van der Waals surface area contributed by atoms with Crippen molar-refractivity contribution in [2.24, 2.45) is 0 Å². The first kappa shape index (κ1) is 17.9. The van der Waals surface area contributed by atoms with Crippen molar-refractivity contribution in [1.82, 2.24) is 0 Å². The fraction of sp³-hybridized carbons (Fsp3) is 1.00. The lowest BCUT2D eigenvalue weighted by Gasteiger charge is -2.23. The summed E-state index contributed by atoms with van der Waals surface area (Å²) < 4.78 is 11.5. The van der Waals surface area contributed by atoms with Gasteiger partial charge in [0.2, 0.25) is 0 Å². The van der Waals surface area contributed by atoms with Gasteiger partial charge in [-0.15, -0.1) is 0 Å². The molecule has 0 bridgehead atoms. The highest BCUT2D eigenvalue weighted by Crippen LogP contribution is 2.14. The van der Waals surface area contributed by atoms with Gasteiger partial charge in [0.15, 0.2) is 0 Å². The van der Waals surface area contributed by atoms with Gasteiger partial charge in [-0.3, -0.25) is 0 Å². The number of aliphatic hydroxyl groups excluding tert-OH is 1. The van der Waals surface area contributed by atoms with Crippen molar-refractivity contribution in [3.8, 4) is 0 Å². The van der Waals surface area contributed by atoms with Crippen molar-refractivity contribution in [1.29, 1.82) is 0 Å². The maximum atomic E-state index is 8.90. The topological polar surface area (TPSA) is 38.7 Å². The standard InChI is InChI=1S/C15H32O3/c1-5-7-9-15(10-8-6-2)18-14(4)12-17-13(3)11-16/h13-16H,5-12H2,1-4H3. The highest BCUT2D eigenvalue weighted by Gasteiger charge is 2.13. The summed E-state index contributed by atoms with van der Waals surface area (Å²) in [6.07, 6.45) is 7.58. The van der Waals surface area contributed by atoms with Gasteiger partial charge in [0.05, 0.1) is 31.5 Å². The summed E-state index contributed by atoms with van der Waals surface area (Å²) in [5.74, 6) is 0. The van der Waals surface area contributed by atoms with Crippen LogP contribution < -0.4 is 0 Å². The largest absolute Gasteiger partial charge is 0.394 e. The molecular weight excluding hydrogens is 228 g/mol. The maximum Gasteiger partial charge on any atom is 0.0784 e. The summed E-state index contributed by atoms with van der Waals surface area (Å²) in [4.78, 5) is 0. The van der Waals surface area contributed by atoms with Crippen LogP contribution in [-0.4, -0.2) is 36.6 Å². The molecule has 0 spiro atoms. The summed E-state index contributed by atoms with van der Waals surface area (Å²) in [5, 5.41) is 8.90. The minimum absolute atomic E-state index is 0.0712. The van der Waals surface area contributed by atoms with Crippen molar-refractivity contribution in [3.05, 3.63) is 0 Å². The molecule has 0 fully saturated rings. The summed E-state index contributed by atoms with van der Waals surface area (Å²) in [6.45, 7) is 8.99. The molecule has 0 aromatic carbocycles. The quantitative estimate of drug-likeness (QED) is 0.583. The Morgan fingerprint density at radius 1 is 0.944 bits per heavy atom. The van der Waals surface area contributed by atoms with Crippen LogP contribution in [0.3, 0.4) is 0 Å². The first-order valence-electron chi connectivity index (χ1n) is 7.51. The van der Waals surface area contributed by atoms with Gasteiger partial charge in [0, 0.05) is 0 Å². The molecule has 0 aromatic heterocycles. The average Bonchev–Trinajstić information content (AvgIpc) is 2.38. The second kappa shape index (κ2) is 11.9. The first-order chi connectivity index (χ1) is 8.63. The first-order valence-corrected chi connectivity index (χ1v) is 7.51. The van der Waals surface area contributed by atoms with E-state index in [1.165, 1.54) is 25.7 Å². The smallest absolute Gasteiger partial charge is 0.0784 e. The van der Waals surface area contributed by atoms with E-state index >= 15 is 0 Å². The van der Waals surface area contributed by atoms with E-state index in [2.05, 4.69) is 20.8 Å². The number of aliphatic hydroxyl groups is 1. The van der Waals surface area contributed by atoms with Crippen LogP contribution in [-0.2, 0) is 9.47 Å². The predicted octanol–water partition coefficient (Wildman–Crippen LogP) is 3.54. The van der Waals surface area contributed by atoms with Gasteiger partial charge in [-0.25, -0.2) is 0 Å². The Morgan fingerprint density at radius 3 is 1.94 bits per heavy atom. The fourth-order valence-corrected chi connectivity index (χ4v) is 1.86. The van der Waals surface area contributed by atoms with E-state index in [1.807, 2.05) is 6.92 Å². The molecule has 0 aliphatic heterocycles. The van der Waals surface area contributed by atoms with E-state index in [0.29, 0.717) is 12.7 Å². The Kier molecular flexibility index (Phi) is 11.9.